The van der Waals surface area contributed by atoms with E-state index in [0.717, 1.165) is 36.1 Å². The number of hydrogen-bond acceptors (Lipinski definition) is 4. The molecule has 1 aromatic carbocycles. The molecule has 0 bridgehead atoms. The third-order valence-corrected chi connectivity index (χ3v) is 4.42. The Labute approximate surface area is 131 Å². The van der Waals surface area contributed by atoms with Crippen molar-refractivity contribution in [1.82, 2.24) is 15.3 Å². The summed E-state index contributed by atoms with van der Waals surface area (Å²) in [6.07, 6.45) is 0. The molecule has 4 heteroatoms. The topological polar surface area (TPSA) is 37.8 Å². The highest BCUT2D eigenvalue weighted by atomic mass is 32.2. The van der Waals surface area contributed by atoms with E-state index >= 15 is 0 Å². The van der Waals surface area contributed by atoms with Gasteiger partial charge in [0.05, 0.1) is 5.75 Å². The summed E-state index contributed by atoms with van der Waals surface area (Å²) in [6, 6.07) is 8.58. The molecule has 0 unspecified atom stereocenters. The van der Waals surface area contributed by atoms with Gasteiger partial charge >= 0.3 is 0 Å². The molecule has 0 aliphatic carbocycles. The smallest absolute Gasteiger partial charge is 0.139 e. The minimum Gasteiger partial charge on any atom is -0.313 e. The highest BCUT2D eigenvalue weighted by Crippen LogP contribution is 2.22. The van der Waals surface area contributed by atoms with Crippen LogP contribution in [0.1, 0.15) is 35.3 Å². The lowest BCUT2D eigenvalue weighted by Crippen LogP contribution is -2.16. The van der Waals surface area contributed by atoms with E-state index in [-0.39, 0.29) is 0 Å². The van der Waals surface area contributed by atoms with Gasteiger partial charge in [-0.05, 0) is 39.4 Å². The predicted molar refractivity (Wildman–Crippen MR) is 89.6 cm³/mol. The first-order valence-electron chi connectivity index (χ1n) is 7.33. The number of aromatic nitrogens is 2. The second kappa shape index (κ2) is 7.57. The number of benzene rings is 1. The average molecular weight is 301 g/mol. The zero-order chi connectivity index (χ0) is 15.2. The molecule has 0 atom stereocenters. The van der Waals surface area contributed by atoms with Crippen LogP contribution in [0.5, 0.6) is 0 Å². The van der Waals surface area contributed by atoms with Gasteiger partial charge in [-0.1, -0.05) is 24.6 Å². The summed E-state index contributed by atoms with van der Waals surface area (Å²) in [5.74, 6) is 1.72. The van der Waals surface area contributed by atoms with Gasteiger partial charge in [0.25, 0.3) is 0 Å². The van der Waals surface area contributed by atoms with E-state index in [1.54, 1.807) is 11.8 Å². The first-order chi connectivity index (χ1) is 10.1. The fourth-order valence-corrected chi connectivity index (χ4v) is 2.92. The Morgan fingerprint density at radius 1 is 1.00 bits per heavy atom. The maximum absolute atomic E-state index is 4.65. The summed E-state index contributed by atoms with van der Waals surface area (Å²) in [5, 5.41) is 3.34. The van der Waals surface area contributed by atoms with Crippen LogP contribution in [0, 0.1) is 20.8 Å². The minimum absolute atomic E-state index is 0.812. The zero-order valence-corrected chi connectivity index (χ0v) is 14.0. The van der Waals surface area contributed by atoms with Crippen molar-refractivity contribution in [2.24, 2.45) is 0 Å². The third-order valence-electron chi connectivity index (χ3n) is 3.41. The Kier molecular flexibility index (Phi) is 5.76. The van der Waals surface area contributed by atoms with Crippen LogP contribution in [0.3, 0.4) is 0 Å². The molecule has 0 spiro atoms. The number of thioether (sulfide) groups is 1. The van der Waals surface area contributed by atoms with Crippen molar-refractivity contribution in [2.45, 2.75) is 44.9 Å². The Morgan fingerprint density at radius 2 is 1.62 bits per heavy atom. The van der Waals surface area contributed by atoms with Crippen LogP contribution in [0.4, 0.5) is 0 Å². The monoisotopic (exact) mass is 301 g/mol. The van der Waals surface area contributed by atoms with E-state index in [1.165, 1.54) is 16.0 Å². The van der Waals surface area contributed by atoms with Gasteiger partial charge in [-0.25, -0.2) is 9.97 Å². The molecule has 0 fully saturated rings. The average Bonchev–Trinajstić information content (AvgIpc) is 2.46. The fourth-order valence-electron chi connectivity index (χ4n) is 2.16. The van der Waals surface area contributed by atoms with Gasteiger partial charge in [-0.15, -0.1) is 11.8 Å². The minimum atomic E-state index is 0.812. The highest BCUT2D eigenvalue weighted by molar-refractivity contribution is 7.98. The van der Waals surface area contributed by atoms with E-state index < -0.39 is 0 Å². The van der Waals surface area contributed by atoms with Gasteiger partial charge in [-0.3, -0.25) is 0 Å². The SMILES string of the molecule is CCNCc1c(C)nc(CSc2ccc(C)cc2)nc1C. The molecule has 112 valence electrons. The van der Waals surface area contributed by atoms with Gasteiger partial charge in [0.1, 0.15) is 5.82 Å². The Balaban J connectivity index is 2.05. The Hall–Kier alpha value is -1.39. The second-order valence-corrected chi connectivity index (χ2v) is 6.22. The normalized spacial score (nSPS) is 10.9. The first kappa shape index (κ1) is 16.0. The largest absolute Gasteiger partial charge is 0.313 e. The second-order valence-electron chi connectivity index (χ2n) is 5.17. The number of rotatable bonds is 6. The van der Waals surface area contributed by atoms with E-state index in [0.29, 0.717) is 0 Å². The van der Waals surface area contributed by atoms with Crippen LogP contribution in [-0.2, 0) is 12.3 Å². The standard InChI is InChI=1S/C17H23N3S/c1-5-18-10-16-13(3)19-17(20-14(16)4)11-21-15-8-6-12(2)7-9-15/h6-9,18H,5,10-11H2,1-4H3. The number of nitrogens with zero attached hydrogens (tertiary/aromatic N) is 2. The zero-order valence-electron chi connectivity index (χ0n) is 13.2. The number of aryl methyl sites for hydroxylation is 3. The molecule has 0 saturated heterocycles. The van der Waals surface area contributed by atoms with Crippen molar-refractivity contribution in [3.05, 3.63) is 52.6 Å². The number of hydrogen-bond donors (Lipinski definition) is 1. The molecule has 3 nitrogen and oxygen atoms in total. The van der Waals surface area contributed by atoms with Crippen LogP contribution in [0.2, 0.25) is 0 Å². The van der Waals surface area contributed by atoms with Gasteiger partial charge in [0, 0.05) is 28.4 Å². The Morgan fingerprint density at radius 3 is 2.19 bits per heavy atom. The van der Waals surface area contributed by atoms with Gasteiger partial charge < -0.3 is 5.32 Å². The third kappa shape index (κ3) is 4.55. The lowest BCUT2D eigenvalue weighted by atomic mass is 10.1. The summed E-state index contributed by atoms with van der Waals surface area (Å²) < 4.78 is 0. The summed E-state index contributed by atoms with van der Waals surface area (Å²) in [4.78, 5) is 10.6. The summed E-state index contributed by atoms with van der Waals surface area (Å²) >= 11 is 1.78. The molecule has 0 radical (unpaired) electrons. The van der Waals surface area contributed by atoms with Gasteiger partial charge in [-0.2, -0.15) is 0 Å². The first-order valence-corrected chi connectivity index (χ1v) is 8.32. The molecular formula is C17H23N3S. The van der Waals surface area contributed by atoms with Crippen molar-refractivity contribution in [3.8, 4) is 0 Å². The molecule has 0 aliphatic heterocycles. The van der Waals surface area contributed by atoms with E-state index in [2.05, 4.69) is 67.2 Å². The van der Waals surface area contributed by atoms with Crippen molar-refractivity contribution < 1.29 is 0 Å². The molecule has 0 amide bonds. The van der Waals surface area contributed by atoms with Crippen LogP contribution in [0.15, 0.2) is 29.2 Å². The maximum Gasteiger partial charge on any atom is 0.139 e. The van der Waals surface area contributed by atoms with Crippen LogP contribution < -0.4 is 5.32 Å². The quantitative estimate of drug-likeness (QED) is 0.824. The summed E-state index contributed by atoms with van der Waals surface area (Å²) in [5.41, 5.74) is 4.68. The molecule has 0 saturated carbocycles. The van der Waals surface area contributed by atoms with Crippen molar-refractivity contribution >= 4 is 11.8 Å². The van der Waals surface area contributed by atoms with Crippen molar-refractivity contribution in [2.75, 3.05) is 6.54 Å². The molecule has 1 heterocycles. The van der Waals surface area contributed by atoms with Crippen LogP contribution >= 0.6 is 11.8 Å². The highest BCUT2D eigenvalue weighted by Gasteiger charge is 2.08. The lowest BCUT2D eigenvalue weighted by molar-refractivity contribution is 0.707. The maximum atomic E-state index is 4.65. The van der Waals surface area contributed by atoms with E-state index in [1.807, 2.05) is 0 Å². The molecule has 1 aromatic heterocycles. The van der Waals surface area contributed by atoms with Crippen LogP contribution in [-0.4, -0.2) is 16.5 Å². The van der Waals surface area contributed by atoms with Crippen molar-refractivity contribution in [1.29, 1.82) is 0 Å². The van der Waals surface area contributed by atoms with Gasteiger partial charge in [0.2, 0.25) is 0 Å². The van der Waals surface area contributed by atoms with Crippen molar-refractivity contribution in [3.63, 3.8) is 0 Å². The van der Waals surface area contributed by atoms with E-state index in [4.69, 9.17) is 0 Å². The Bertz CT molecular complexity index is 570. The lowest BCUT2D eigenvalue weighted by Gasteiger charge is -2.11. The molecule has 2 aromatic rings. The van der Waals surface area contributed by atoms with Crippen LogP contribution in [0.25, 0.3) is 0 Å². The fraction of sp³-hybridized carbons (Fsp3) is 0.412. The summed E-state index contributed by atoms with van der Waals surface area (Å²) in [6.45, 7) is 10.2. The summed E-state index contributed by atoms with van der Waals surface area (Å²) in [7, 11) is 0. The molecule has 21 heavy (non-hydrogen) atoms. The molecule has 1 N–H and O–H groups in total. The van der Waals surface area contributed by atoms with Gasteiger partial charge in [0.15, 0.2) is 0 Å². The van der Waals surface area contributed by atoms with E-state index in [9.17, 15) is 0 Å². The molecule has 2 rings (SSSR count). The predicted octanol–water partition coefficient (Wildman–Crippen LogP) is 3.80. The molecule has 0 aliphatic rings. The number of nitrogens with one attached hydrogen (secondary N) is 1. The molecular weight excluding hydrogens is 278 g/mol.